The third kappa shape index (κ3) is 4.13. The van der Waals surface area contributed by atoms with Crippen LogP contribution < -0.4 is 10.6 Å². The molecule has 0 fully saturated rings. The number of thiophene rings is 1. The van der Waals surface area contributed by atoms with Crippen molar-refractivity contribution in [3.05, 3.63) is 46.3 Å². The molecule has 3 aromatic rings. The van der Waals surface area contributed by atoms with Crippen LogP contribution in [0.2, 0.25) is 0 Å². The van der Waals surface area contributed by atoms with Crippen molar-refractivity contribution in [2.75, 3.05) is 16.4 Å². The summed E-state index contributed by atoms with van der Waals surface area (Å²) in [6.07, 6.45) is 3.03. The van der Waals surface area contributed by atoms with E-state index in [1.807, 2.05) is 30.3 Å². The van der Waals surface area contributed by atoms with Gasteiger partial charge in [-0.15, -0.1) is 21.5 Å². The fraction of sp³-hybridized carbons (Fsp3) is 0.222. The summed E-state index contributed by atoms with van der Waals surface area (Å²) in [5.74, 6) is 0.0946. The summed E-state index contributed by atoms with van der Waals surface area (Å²) in [5.41, 5.74) is 2.69. The number of nitriles is 1. The molecule has 6 nitrogen and oxygen atoms in total. The van der Waals surface area contributed by atoms with E-state index in [4.69, 9.17) is 0 Å². The van der Waals surface area contributed by atoms with Crippen LogP contribution in [0.4, 0.5) is 15.8 Å². The Kier molecular flexibility index (Phi) is 5.38. The first kappa shape index (κ1) is 18.0. The Hall–Kier alpha value is -2.41. The number of carbonyl (C=O) groups is 1. The van der Waals surface area contributed by atoms with Crippen molar-refractivity contribution in [2.24, 2.45) is 0 Å². The van der Waals surface area contributed by atoms with Crippen LogP contribution in [0.25, 0.3) is 0 Å². The predicted octanol–water partition coefficient (Wildman–Crippen LogP) is 4.43. The molecule has 0 atom stereocenters. The van der Waals surface area contributed by atoms with Crippen molar-refractivity contribution in [2.45, 2.75) is 23.6 Å². The number of rotatable bonds is 6. The number of hydrogen-bond acceptors (Lipinski definition) is 8. The number of amides is 1. The van der Waals surface area contributed by atoms with Crippen LogP contribution in [0.3, 0.4) is 0 Å². The maximum Gasteiger partial charge on any atom is 0.235 e. The van der Waals surface area contributed by atoms with Crippen molar-refractivity contribution < 1.29 is 4.79 Å². The van der Waals surface area contributed by atoms with E-state index in [9.17, 15) is 10.1 Å². The van der Waals surface area contributed by atoms with Crippen molar-refractivity contribution >= 4 is 56.2 Å². The average Bonchev–Trinajstić information content (AvgIpc) is 3.37. The Morgan fingerprint density at radius 1 is 1.22 bits per heavy atom. The molecule has 0 radical (unpaired) electrons. The fourth-order valence-corrected chi connectivity index (χ4v) is 5.69. The summed E-state index contributed by atoms with van der Waals surface area (Å²) >= 11 is 4.27. The molecule has 136 valence electrons. The molecule has 4 rings (SSSR count). The van der Waals surface area contributed by atoms with Gasteiger partial charge >= 0.3 is 0 Å². The molecule has 1 aromatic carbocycles. The molecule has 0 spiro atoms. The standard InChI is InChI=1S/C18H15N5OS3/c19-9-13-12-7-4-8-14(12)26-16(13)21-15(24)10-25-18-23-22-17(27-18)20-11-5-2-1-3-6-11/h1-3,5-6H,4,7-8,10H2,(H,20,22)(H,21,24). The second kappa shape index (κ2) is 8.08. The van der Waals surface area contributed by atoms with Crippen molar-refractivity contribution in [1.29, 1.82) is 5.26 Å². The average molecular weight is 414 g/mol. The number of anilines is 3. The number of aromatic nitrogens is 2. The van der Waals surface area contributed by atoms with E-state index < -0.39 is 0 Å². The first-order chi connectivity index (χ1) is 13.2. The fourth-order valence-electron chi connectivity index (χ4n) is 2.86. The van der Waals surface area contributed by atoms with Crippen molar-refractivity contribution in [1.82, 2.24) is 10.2 Å². The highest BCUT2D eigenvalue weighted by Crippen LogP contribution is 2.38. The second-order valence-electron chi connectivity index (χ2n) is 5.87. The molecular weight excluding hydrogens is 398 g/mol. The highest BCUT2D eigenvalue weighted by atomic mass is 32.2. The Bertz CT molecular complexity index is 1010. The van der Waals surface area contributed by atoms with Gasteiger partial charge in [0.25, 0.3) is 0 Å². The highest BCUT2D eigenvalue weighted by molar-refractivity contribution is 8.01. The van der Waals surface area contributed by atoms with Crippen molar-refractivity contribution in [3.63, 3.8) is 0 Å². The quantitative estimate of drug-likeness (QED) is 0.581. The summed E-state index contributed by atoms with van der Waals surface area (Å²) in [6, 6.07) is 12.0. The molecule has 2 aromatic heterocycles. The van der Waals surface area contributed by atoms with Gasteiger partial charge in [-0.05, 0) is 37.0 Å². The Balaban J connectivity index is 1.33. The van der Waals surface area contributed by atoms with Gasteiger partial charge in [0, 0.05) is 10.6 Å². The summed E-state index contributed by atoms with van der Waals surface area (Å²) in [6.45, 7) is 0. The van der Waals surface area contributed by atoms with E-state index in [1.165, 1.54) is 39.3 Å². The molecule has 1 amide bonds. The Morgan fingerprint density at radius 3 is 2.89 bits per heavy atom. The van der Waals surface area contributed by atoms with Gasteiger partial charge in [-0.3, -0.25) is 4.79 Å². The summed E-state index contributed by atoms with van der Waals surface area (Å²) in [7, 11) is 0. The molecule has 2 N–H and O–H groups in total. The van der Waals surface area contributed by atoms with Crippen molar-refractivity contribution in [3.8, 4) is 6.07 Å². The third-order valence-electron chi connectivity index (χ3n) is 4.04. The molecule has 0 bridgehead atoms. The molecule has 1 aliphatic rings. The molecule has 9 heteroatoms. The van der Waals surface area contributed by atoms with Crippen LogP contribution in [-0.2, 0) is 17.6 Å². The zero-order valence-electron chi connectivity index (χ0n) is 14.2. The molecule has 27 heavy (non-hydrogen) atoms. The minimum Gasteiger partial charge on any atom is -0.330 e. The van der Waals surface area contributed by atoms with Crippen LogP contribution in [0.1, 0.15) is 22.4 Å². The molecule has 0 saturated carbocycles. The van der Waals surface area contributed by atoms with Gasteiger partial charge in [0.15, 0.2) is 4.34 Å². The molecular formula is C18H15N5OS3. The van der Waals surface area contributed by atoms with E-state index in [0.717, 1.165) is 34.9 Å². The highest BCUT2D eigenvalue weighted by Gasteiger charge is 2.23. The number of carbonyl (C=O) groups excluding carboxylic acids is 1. The number of hydrogen-bond donors (Lipinski definition) is 2. The number of nitrogens with zero attached hydrogens (tertiary/aromatic N) is 3. The second-order valence-corrected chi connectivity index (χ2v) is 9.18. The van der Waals surface area contributed by atoms with Gasteiger partial charge in [-0.1, -0.05) is 41.3 Å². The minimum absolute atomic E-state index is 0.135. The molecule has 0 aliphatic heterocycles. The van der Waals surface area contributed by atoms with E-state index in [2.05, 4.69) is 26.9 Å². The third-order valence-corrected chi connectivity index (χ3v) is 7.22. The molecule has 0 unspecified atom stereocenters. The molecule has 1 aliphatic carbocycles. The normalized spacial score (nSPS) is 12.4. The largest absolute Gasteiger partial charge is 0.330 e. The topological polar surface area (TPSA) is 90.7 Å². The van der Waals surface area contributed by atoms with E-state index >= 15 is 0 Å². The Labute approximate surface area is 168 Å². The Morgan fingerprint density at radius 2 is 2.07 bits per heavy atom. The maximum atomic E-state index is 12.3. The van der Waals surface area contributed by atoms with Gasteiger partial charge in [0.1, 0.15) is 11.1 Å². The van der Waals surface area contributed by atoms with Gasteiger partial charge in [0.2, 0.25) is 11.0 Å². The summed E-state index contributed by atoms with van der Waals surface area (Å²) in [5, 5.41) is 25.0. The van der Waals surface area contributed by atoms with E-state index in [0.29, 0.717) is 15.7 Å². The minimum atomic E-state index is -0.135. The van der Waals surface area contributed by atoms with Gasteiger partial charge < -0.3 is 10.6 Å². The summed E-state index contributed by atoms with van der Waals surface area (Å²) < 4.78 is 0.720. The zero-order chi connectivity index (χ0) is 18.6. The van der Waals surface area contributed by atoms with Crippen LogP contribution in [-0.4, -0.2) is 21.9 Å². The number of para-hydroxylation sites is 1. The number of aryl methyl sites for hydroxylation is 1. The lowest BCUT2D eigenvalue weighted by Crippen LogP contribution is -2.13. The number of fused-ring (bicyclic) bond motifs is 1. The van der Waals surface area contributed by atoms with Gasteiger partial charge in [0.05, 0.1) is 11.3 Å². The zero-order valence-corrected chi connectivity index (χ0v) is 16.6. The van der Waals surface area contributed by atoms with Crippen LogP contribution in [0.15, 0.2) is 34.7 Å². The monoisotopic (exact) mass is 413 g/mol. The first-order valence-corrected chi connectivity index (χ1v) is 11.0. The van der Waals surface area contributed by atoms with Crippen LogP contribution >= 0.6 is 34.4 Å². The number of benzene rings is 1. The lowest BCUT2D eigenvalue weighted by Gasteiger charge is -2.02. The summed E-state index contributed by atoms with van der Waals surface area (Å²) in [4.78, 5) is 13.5. The molecule has 2 heterocycles. The van der Waals surface area contributed by atoms with E-state index in [1.54, 1.807) is 0 Å². The lowest BCUT2D eigenvalue weighted by molar-refractivity contribution is -0.113. The van der Waals surface area contributed by atoms with Crippen LogP contribution in [0, 0.1) is 11.3 Å². The first-order valence-electron chi connectivity index (χ1n) is 8.36. The van der Waals surface area contributed by atoms with E-state index in [-0.39, 0.29) is 11.7 Å². The molecule has 0 saturated heterocycles. The van der Waals surface area contributed by atoms with Crippen LogP contribution in [0.5, 0.6) is 0 Å². The predicted molar refractivity (Wildman–Crippen MR) is 110 cm³/mol. The van der Waals surface area contributed by atoms with Gasteiger partial charge in [-0.25, -0.2) is 0 Å². The SMILES string of the molecule is N#Cc1c(NC(=O)CSc2nnc(Nc3ccccc3)s2)sc2c1CCC2. The number of thioether (sulfide) groups is 1. The number of nitrogens with one attached hydrogen (secondary N) is 2. The van der Waals surface area contributed by atoms with Gasteiger partial charge in [-0.2, -0.15) is 5.26 Å². The lowest BCUT2D eigenvalue weighted by atomic mass is 10.1. The maximum absolute atomic E-state index is 12.3. The smallest absolute Gasteiger partial charge is 0.235 e.